The number of nitrogens with zero attached hydrogens (tertiary/aromatic N) is 5. The molecule has 0 aliphatic carbocycles. The van der Waals surface area contributed by atoms with E-state index >= 15 is 0 Å². The molecule has 0 spiro atoms. The Kier molecular flexibility index (Phi) is 6.96. The quantitative estimate of drug-likeness (QED) is 0.173. The molecule has 0 bridgehead atoms. The molecule has 0 unspecified atom stereocenters. The number of thiophene rings is 1. The fourth-order valence-corrected chi connectivity index (χ4v) is 9.08. The first kappa shape index (κ1) is 31.8. The monoisotopic (exact) mass is 749 g/mol. The normalized spacial score (nSPS) is 11.9. The Morgan fingerprint density at radius 2 is 0.982 bits per heavy atom. The summed E-state index contributed by atoms with van der Waals surface area (Å²) in [5, 5.41) is 5.33. The van der Waals surface area contributed by atoms with Crippen LogP contribution in [0.3, 0.4) is 0 Å². The maximum atomic E-state index is 6.38. The van der Waals surface area contributed by atoms with Crippen molar-refractivity contribution in [2.45, 2.75) is 0 Å². The van der Waals surface area contributed by atoms with E-state index in [-0.39, 0.29) is 0 Å². The smallest absolute Gasteiger partial charge is 0.180 e. The van der Waals surface area contributed by atoms with Crippen LogP contribution in [0, 0.1) is 0 Å². The molecule has 12 aromatic rings. The Balaban J connectivity index is 1.02. The number of para-hydroxylation sites is 2. The van der Waals surface area contributed by atoms with Gasteiger partial charge in [0.05, 0.1) is 0 Å². The van der Waals surface area contributed by atoms with E-state index in [1.807, 2.05) is 97.1 Å². The van der Waals surface area contributed by atoms with E-state index in [9.17, 15) is 0 Å². The minimum atomic E-state index is 0.596. The van der Waals surface area contributed by atoms with Crippen molar-refractivity contribution in [2.24, 2.45) is 0 Å². The molecule has 0 aliphatic heterocycles. The first-order chi connectivity index (χ1) is 28.2. The van der Waals surface area contributed by atoms with Crippen LogP contribution in [0.4, 0.5) is 0 Å². The van der Waals surface area contributed by atoms with Gasteiger partial charge in [-0.2, -0.15) is 0 Å². The molecule has 57 heavy (non-hydrogen) atoms. The Morgan fingerprint density at radius 1 is 0.368 bits per heavy atom. The molecule has 5 heterocycles. The molecule has 0 amide bonds. The minimum absolute atomic E-state index is 0.596. The average Bonchev–Trinajstić information content (AvgIpc) is 3.97. The molecule has 266 valence electrons. The minimum Gasteiger partial charge on any atom is -0.456 e. The number of hydrogen-bond donors (Lipinski definition) is 0. The maximum Gasteiger partial charge on any atom is 0.180 e. The highest BCUT2D eigenvalue weighted by molar-refractivity contribution is 7.26. The topological polar surface area (TPSA) is 90.7 Å². The van der Waals surface area contributed by atoms with Crippen LogP contribution in [0.25, 0.3) is 121 Å². The highest BCUT2D eigenvalue weighted by atomic mass is 32.1. The second-order valence-corrected chi connectivity index (χ2v) is 15.1. The van der Waals surface area contributed by atoms with Crippen molar-refractivity contribution in [2.75, 3.05) is 0 Å². The summed E-state index contributed by atoms with van der Waals surface area (Å²) < 4.78 is 14.7. The lowest BCUT2D eigenvalue weighted by atomic mass is 10.1. The van der Waals surface area contributed by atoms with Gasteiger partial charge in [-0.25, -0.2) is 24.9 Å². The summed E-state index contributed by atoms with van der Waals surface area (Å²) in [6.45, 7) is 0. The van der Waals surface area contributed by atoms with E-state index in [0.29, 0.717) is 28.9 Å². The zero-order valence-corrected chi connectivity index (χ0v) is 30.9. The van der Waals surface area contributed by atoms with Gasteiger partial charge in [0, 0.05) is 64.1 Å². The molecule has 0 atom stereocenters. The molecule has 0 saturated carbocycles. The summed E-state index contributed by atoms with van der Waals surface area (Å²) in [6, 6.07) is 55.3. The first-order valence-electron chi connectivity index (χ1n) is 18.7. The van der Waals surface area contributed by atoms with Crippen molar-refractivity contribution in [3.63, 3.8) is 0 Å². The third-order valence-electron chi connectivity index (χ3n) is 10.6. The van der Waals surface area contributed by atoms with E-state index in [0.717, 1.165) is 92.1 Å². The summed E-state index contributed by atoms with van der Waals surface area (Å²) in [6.07, 6.45) is 0. The van der Waals surface area contributed by atoms with Gasteiger partial charge >= 0.3 is 0 Å². The van der Waals surface area contributed by atoms with Crippen molar-refractivity contribution >= 4 is 75.5 Å². The third-order valence-corrected chi connectivity index (χ3v) is 11.8. The maximum absolute atomic E-state index is 6.38. The Labute approximate surface area is 328 Å². The van der Waals surface area contributed by atoms with Gasteiger partial charge < -0.3 is 8.83 Å². The van der Waals surface area contributed by atoms with Crippen molar-refractivity contribution in [1.29, 1.82) is 0 Å². The van der Waals surface area contributed by atoms with Crippen LogP contribution in [0.15, 0.2) is 173 Å². The van der Waals surface area contributed by atoms with Crippen LogP contribution < -0.4 is 0 Å². The van der Waals surface area contributed by atoms with Gasteiger partial charge in [-0.1, -0.05) is 115 Å². The van der Waals surface area contributed by atoms with E-state index in [2.05, 4.69) is 66.7 Å². The summed E-state index contributed by atoms with van der Waals surface area (Å²) in [5.74, 6) is 2.46. The average molecular weight is 750 g/mol. The predicted octanol–water partition coefficient (Wildman–Crippen LogP) is 13.2. The highest BCUT2D eigenvalue weighted by Gasteiger charge is 2.21. The molecule has 0 saturated heterocycles. The van der Waals surface area contributed by atoms with Crippen LogP contribution in [-0.2, 0) is 0 Å². The van der Waals surface area contributed by atoms with Crippen LogP contribution in [0.1, 0.15) is 0 Å². The Morgan fingerprint density at radius 3 is 1.77 bits per heavy atom. The molecule has 5 aromatic heterocycles. The largest absolute Gasteiger partial charge is 0.456 e. The molecular weight excluding hydrogens is 723 g/mol. The number of hydrogen-bond acceptors (Lipinski definition) is 8. The van der Waals surface area contributed by atoms with Gasteiger partial charge in [0.2, 0.25) is 0 Å². The van der Waals surface area contributed by atoms with Gasteiger partial charge in [0.25, 0.3) is 0 Å². The van der Waals surface area contributed by atoms with E-state index < -0.39 is 0 Å². The molecule has 12 rings (SSSR count). The molecular formula is C49H27N5O2S. The SMILES string of the molecule is c1ccc(-c2nc(-c3ccc4c(c3)sc3c(-c5nc(-c6ccccc6)c6oc7ccccc7c6n5)cccc34)nc(-c3ccc4oc5ccccc5c4c3)n2)cc1. The van der Waals surface area contributed by atoms with E-state index in [1.54, 1.807) is 11.3 Å². The molecule has 7 nitrogen and oxygen atoms in total. The molecule has 0 aliphatic rings. The van der Waals surface area contributed by atoms with Gasteiger partial charge in [-0.3, -0.25) is 0 Å². The number of furan rings is 2. The number of benzene rings is 7. The fourth-order valence-electron chi connectivity index (χ4n) is 7.83. The van der Waals surface area contributed by atoms with Crippen molar-refractivity contribution in [3.8, 4) is 56.8 Å². The van der Waals surface area contributed by atoms with E-state index in [1.165, 1.54) is 0 Å². The van der Waals surface area contributed by atoms with Crippen LogP contribution in [-0.4, -0.2) is 24.9 Å². The number of aromatic nitrogens is 5. The first-order valence-corrected chi connectivity index (χ1v) is 19.5. The molecule has 0 fully saturated rings. The third kappa shape index (κ3) is 5.15. The van der Waals surface area contributed by atoms with Crippen LogP contribution in [0.5, 0.6) is 0 Å². The zero-order valence-electron chi connectivity index (χ0n) is 30.0. The zero-order chi connectivity index (χ0) is 37.5. The lowest BCUT2D eigenvalue weighted by molar-refractivity contribution is 0.667. The highest BCUT2D eigenvalue weighted by Crippen LogP contribution is 2.43. The van der Waals surface area contributed by atoms with Gasteiger partial charge in [-0.05, 0) is 48.5 Å². The second-order valence-electron chi connectivity index (χ2n) is 14.0. The summed E-state index contributed by atoms with van der Waals surface area (Å²) in [4.78, 5) is 25.5. The molecule has 8 heteroatoms. The fraction of sp³-hybridized carbons (Fsp3) is 0. The van der Waals surface area contributed by atoms with Crippen LogP contribution >= 0.6 is 11.3 Å². The summed E-state index contributed by atoms with van der Waals surface area (Å²) >= 11 is 1.72. The Bertz CT molecular complexity index is 3540. The summed E-state index contributed by atoms with van der Waals surface area (Å²) in [7, 11) is 0. The number of fused-ring (bicyclic) bond motifs is 9. The van der Waals surface area contributed by atoms with Crippen LogP contribution in [0.2, 0.25) is 0 Å². The van der Waals surface area contributed by atoms with Crippen molar-refractivity contribution < 1.29 is 8.83 Å². The second kappa shape index (κ2) is 12.5. The van der Waals surface area contributed by atoms with Crippen molar-refractivity contribution in [3.05, 3.63) is 164 Å². The molecule has 0 radical (unpaired) electrons. The van der Waals surface area contributed by atoms with Crippen molar-refractivity contribution in [1.82, 2.24) is 24.9 Å². The number of rotatable bonds is 5. The van der Waals surface area contributed by atoms with Gasteiger partial charge in [-0.15, -0.1) is 11.3 Å². The van der Waals surface area contributed by atoms with Gasteiger partial charge in [0.15, 0.2) is 28.9 Å². The molecule has 7 aromatic carbocycles. The Hall–Kier alpha value is -7.55. The standard InChI is InChI=1S/C49H27N5O2S/c1-3-12-28(13-4-1)42-44-43(35-17-8-10-21-39(35)56-44)51-49(50-42)36-19-11-18-34-33-24-22-31(27-41(33)57-45(34)36)48-53-46(29-14-5-2-6-15-29)52-47(54-48)30-23-25-40-37(26-30)32-16-7-9-20-38(32)55-40/h1-27H. The predicted molar refractivity (Wildman–Crippen MR) is 230 cm³/mol. The lowest BCUT2D eigenvalue weighted by Gasteiger charge is -2.08. The van der Waals surface area contributed by atoms with Gasteiger partial charge in [0.1, 0.15) is 28.0 Å². The van der Waals surface area contributed by atoms with E-state index in [4.69, 9.17) is 33.8 Å². The lowest BCUT2D eigenvalue weighted by Crippen LogP contribution is -2.00. The summed E-state index contributed by atoms with van der Waals surface area (Å²) in [5.41, 5.74) is 9.37. The molecule has 0 N–H and O–H groups in total.